The number of aliphatic hydroxyl groups excluding tert-OH is 1. The first-order chi connectivity index (χ1) is 10.4. The van der Waals surface area contributed by atoms with Crippen molar-refractivity contribution in [2.45, 2.75) is 6.10 Å². The zero-order chi connectivity index (χ0) is 16.3. The monoisotopic (exact) mass is 301 g/mol. The van der Waals surface area contributed by atoms with Crippen LogP contribution in [-0.4, -0.2) is 29.3 Å². The third-order valence-electron chi connectivity index (χ3n) is 3.22. The number of ether oxygens (including phenoxy) is 1. The van der Waals surface area contributed by atoms with Crippen molar-refractivity contribution in [2.24, 2.45) is 0 Å². The fraction of sp³-hybridized carbons (Fsp3) is 0.125. The van der Waals surface area contributed by atoms with Gasteiger partial charge in [-0.1, -0.05) is 18.2 Å². The lowest BCUT2D eigenvalue weighted by Gasteiger charge is -2.14. The molecule has 1 atom stereocenters. The first-order valence-electron chi connectivity index (χ1n) is 6.43. The zero-order valence-electron chi connectivity index (χ0n) is 11.8. The molecule has 2 rings (SSSR count). The van der Waals surface area contributed by atoms with Crippen LogP contribution in [0.2, 0.25) is 0 Å². The first-order valence-corrected chi connectivity index (χ1v) is 6.43. The van der Waals surface area contributed by atoms with Crippen LogP contribution in [0.25, 0.3) is 0 Å². The second kappa shape index (κ2) is 6.28. The van der Waals surface area contributed by atoms with E-state index in [9.17, 15) is 14.7 Å². The largest absolute Gasteiger partial charge is 0.478 e. The van der Waals surface area contributed by atoms with Gasteiger partial charge in [0.05, 0.1) is 18.2 Å². The Bertz CT molecular complexity index is 726. The summed E-state index contributed by atoms with van der Waals surface area (Å²) in [6, 6.07) is 10.7. The predicted octanol–water partition coefficient (Wildman–Crippen LogP) is 1.84. The van der Waals surface area contributed by atoms with Gasteiger partial charge in [0.15, 0.2) is 0 Å². The Hall–Kier alpha value is -2.86. The number of benzene rings is 2. The number of nitrogen functional groups attached to an aromatic ring is 1. The molecule has 0 radical (unpaired) electrons. The Morgan fingerprint density at radius 1 is 1.09 bits per heavy atom. The summed E-state index contributed by atoms with van der Waals surface area (Å²) in [6.45, 7) is 0. The molecule has 2 aromatic rings. The molecule has 0 saturated carbocycles. The van der Waals surface area contributed by atoms with Gasteiger partial charge >= 0.3 is 11.9 Å². The number of hydrogen-bond donors (Lipinski definition) is 3. The SMILES string of the molecule is COC(=O)c1cc(C(O)c2cccc(N)c2)ccc1C(=O)O. The van der Waals surface area contributed by atoms with Gasteiger partial charge in [-0.05, 0) is 35.4 Å². The molecule has 6 nitrogen and oxygen atoms in total. The Morgan fingerprint density at radius 3 is 2.36 bits per heavy atom. The average Bonchev–Trinajstić information content (AvgIpc) is 2.52. The van der Waals surface area contributed by atoms with Crippen LogP contribution in [0.4, 0.5) is 5.69 Å². The molecular weight excluding hydrogens is 286 g/mol. The highest BCUT2D eigenvalue weighted by atomic mass is 16.5. The quantitative estimate of drug-likeness (QED) is 0.587. The van der Waals surface area contributed by atoms with E-state index in [1.54, 1.807) is 24.3 Å². The highest BCUT2D eigenvalue weighted by Gasteiger charge is 2.20. The number of rotatable bonds is 4. The lowest BCUT2D eigenvalue weighted by Crippen LogP contribution is -2.12. The normalized spacial score (nSPS) is 11.7. The van der Waals surface area contributed by atoms with Gasteiger partial charge in [0.1, 0.15) is 6.10 Å². The van der Waals surface area contributed by atoms with Crippen LogP contribution in [-0.2, 0) is 4.74 Å². The van der Waals surface area contributed by atoms with Crippen LogP contribution < -0.4 is 5.73 Å². The fourth-order valence-electron chi connectivity index (χ4n) is 2.12. The van der Waals surface area contributed by atoms with E-state index in [4.69, 9.17) is 10.8 Å². The number of aliphatic hydroxyl groups is 1. The third-order valence-corrected chi connectivity index (χ3v) is 3.22. The molecular formula is C16H15NO5. The van der Waals surface area contributed by atoms with Crippen LogP contribution in [0.15, 0.2) is 42.5 Å². The molecule has 114 valence electrons. The summed E-state index contributed by atoms with van der Waals surface area (Å²) in [7, 11) is 1.16. The van der Waals surface area contributed by atoms with E-state index in [0.29, 0.717) is 16.8 Å². The number of carboxylic acids is 1. The van der Waals surface area contributed by atoms with Crippen molar-refractivity contribution in [3.8, 4) is 0 Å². The van der Waals surface area contributed by atoms with Gasteiger partial charge in [-0.15, -0.1) is 0 Å². The van der Waals surface area contributed by atoms with E-state index in [0.717, 1.165) is 7.11 Å². The Morgan fingerprint density at radius 2 is 1.77 bits per heavy atom. The molecule has 0 bridgehead atoms. The second-order valence-electron chi connectivity index (χ2n) is 4.67. The predicted molar refractivity (Wildman–Crippen MR) is 79.7 cm³/mol. The molecule has 22 heavy (non-hydrogen) atoms. The van der Waals surface area contributed by atoms with Gasteiger partial charge in [0.2, 0.25) is 0 Å². The minimum absolute atomic E-state index is 0.115. The highest BCUT2D eigenvalue weighted by molar-refractivity contribution is 6.02. The van der Waals surface area contributed by atoms with Crippen molar-refractivity contribution in [1.29, 1.82) is 0 Å². The molecule has 4 N–H and O–H groups in total. The number of carboxylic acid groups (broad SMARTS) is 1. The molecule has 0 heterocycles. The van der Waals surface area contributed by atoms with Crippen LogP contribution in [0.1, 0.15) is 37.9 Å². The van der Waals surface area contributed by atoms with Gasteiger partial charge in [-0.25, -0.2) is 9.59 Å². The van der Waals surface area contributed by atoms with Crippen LogP contribution >= 0.6 is 0 Å². The molecule has 0 fully saturated rings. The van der Waals surface area contributed by atoms with Gasteiger partial charge in [0, 0.05) is 5.69 Å². The van der Waals surface area contributed by atoms with Crippen molar-refractivity contribution < 1.29 is 24.5 Å². The summed E-state index contributed by atoms with van der Waals surface area (Å²) in [5, 5.41) is 19.5. The van der Waals surface area contributed by atoms with Gasteiger partial charge in [0.25, 0.3) is 0 Å². The van der Waals surface area contributed by atoms with E-state index in [2.05, 4.69) is 4.74 Å². The van der Waals surface area contributed by atoms with Crippen molar-refractivity contribution in [2.75, 3.05) is 12.8 Å². The summed E-state index contributed by atoms with van der Waals surface area (Å²) in [4.78, 5) is 22.9. The smallest absolute Gasteiger partial charge is 0.338 e. The maximum atomic E-state index is 11.7. The second-order valence-corrected chi connectivity index (χ2v) is 4.67. The molecule has 0 aliphatic heterocycles. The molecule has 2 aromatic carbocycles. The minimum Gasteiger partial charge on any atom is -0.478 e. The molecule has 0 aliphatic carbocycles. The van der Waals surface area contributed by atoms with E-state index in [1.165, 1.54) is 18.2 Å². The number of nitrogens with two attached hydrogens (primary N) is 1. The lowest BCUT2D eigenvalue weighted by atomic mass is 9.96. The number of carbonyl (C=O) groups excluding carboxylic acids is 1. The molecule has 0 aliphatic rings. The summed E-state index contributed by atoms with van der Waals surface area (Å²) in [5.74, 6) is -2.02. The molecule has 0 aromatic heterocycles. The Labute approximate surface area is 126 Å². The maximum absolute atomic E-state index is 11.7. The molecule has 0 amide bonds. The first kappa shape index (κ1) is 15.5. The molecule has 1 unspecified atom stereocenters. The van der Waals surface area contributed by atoms with Gasteiger partial charge < -0.3 is 20.7 Å². The average molecular weight is 301 g/mol. The summed E-state index contributed by atoms with van der Waals surface area (Å²) in [5.41, 5.74) is 6.78. The summed E-state index contributed by atoms with van der Waals surface area (Å²) < 4.78 is 4.58. The van der Waals surface area contributed by atoms with Gasteiger partial charge in [-0.3, -0.25) is 0 Å². The van der Waals surface area contributed by atoms with Crippen LogP contribution in [0, 0.1) is 0 Å². The van der Waals surface area contributed by atoms with Crippen molar-refractivity contribution in [3.05, 3.63) is 64.7 Å². The minimum atomic E-state index is -1.25. The summed E-state index contributed by atoms with van der Waals surface area (Å²) in [6.07, 6.45) is -1.03. The molecule has 6 heteroatoms. The number of carbonyl (C=O) groups is 2. The number of hydrogen-bond acceptors (Lipinski definition) is 5. The fourth-order valence-corrected chi connectivity index (χ4v) is 2.12. The maximum Gasteiger partial charge on any atom is 0.338 e. The van der Waals surface area contributed by atoms with Crippen LogP contribution in [0.5, 0.6) is 0 Å². The number of anilines is 1. The van der Waals surface area contributed by atoms with Crippen molar-refractivity contribution in [3.63, 3.8) is 0 Å². The van der Waals surface area contributed by atoms with Crippen molar-refractivity contribution in [1.82, 2.24) is 0 Å². The summed E-state index contributed by atoms with van der Waals surface area (Å²) >= 11 is 0. The topological polar surface area (TPSA) is 110 Å². The van der Waals surface area contributed by atoms with E-state index < -0.39 is 18.0 Å². The van der Waals surface area contributed by atoms with Crippen molar-refractivity contribution >= 4 is 17.6 Å². The number of esters is 1. The van der Waals surface area contributed by atoms with E-state index in [-0.39, 0.29) is 11.1 Å². The zero-order valence-corrected chi connectivity index (χ0v) is 11.8. The van der Waals surface area contributed by atoms with E-state index in [1.807, 2.05) is 0 Å². The third kappa shape index (κ3) is 3.07. The number of methoxy groups -OCH3 is 1. The Balaban J connectivity index is 2.48. The molecule has 0 spiro atoms. The number of aromatic carboxylic acids is 1. The lowest BCUT2D eigenvalue weighted by molar-refractivity contribution is 0.0582. The van der Waals surface area contributed by atoms with Gasteiger partial charge in [-0.2, -0.15) is 0 Å². The van der Waals surface area contributed by atoms with E-state index >= 15 is 0 Å². The molecule has 0 saturated heterocycles. The van der Waals surface area contributed by atoms with Crippen LogP contribution in [0.3, 0.4) is 0 Å². The Kier molecular flexibility index (Phi) is 4.43. The standard InChI is InChI=1S/C16H15NO5/c1-22-16(21)13-8-10(5-6-12(13)15(19)20)14(18)9-3-2-4-11(17)7-9/h2-8,14,18H,17H2,1H3,(H,19,20). The highest BCUT2D eigenvalue weighted by Crippen LogP contribution is 2.25.